The summed E-state index contributed by atoms with van der Waals surface area (Å²) >= 11 is 0. The average Bonchev–Trinajstić information content (AvgIpc) is 2.51. The Morgan fingerprint density at radius 1 is 0.455 bits per heavy atom. The lowest BCUT2D eigenvalue weighted by Gasteiger charge is -2.23. The van der Waals surface area contributed by atoms with Crippen LogP contribution in [-0.2, 0) is 32.1 Å². The molecule has 0 N–H and O–H groups in total. The van der Waals surface area contributed by atoms with Gasteiger partial charge in [0.05, 0.1) is 0 Å². The molecular formula is C22H27. The van der Waals surface area contributed by atoms with Crippen molar-refractivity contribution in [1.82, 2.24) is 0 Å². The maximum Gasteiger partial charge on any atom is -0.00942 e. The van der Waals surface area contributed by atoms with Crippen molar-refractivity contribution in [3.05, 3.63) is 104 Å². The van der Waals surface area contributed by atoms with E-state index in [9.17, 15) is 0 Å². The summed E-state index contributed by atoms with van der Waals surface area (Å²) in [6.45, 7) is 23.9. The predicted octanol–water partition coefficient (Wildman–Crippen LogP) is 5.51. The van der Waals surface area contributed by atoms with Crippen molar-refractivity contribution in [3.8, 4) is 0 Å². The molecule has 0 aliphatic rings. The van der Waals surface area contributed by atoms with Gasteiger partial charge in [-0.15, -0.1) is 32.9 Å². The van der Waals surface area contributed by atoms with E-state index in [-0.39, 0.29) is 0 Å². The number of hydrogen-bond acceptors (Lipinski definition) is 0. The minimum atomic E-state index is 0.824. The van der Waals surface area contributed by atoms with Gasteiger partial charge >= 0.3 is 0 Å². The third-order valence-electron chi connectivity index (χ3n) is 3.93. The molecule has 0 aromatic heterocycles. The molecule has 0 fully saturated rings. The van der Waals surface area contributed by atoms with Gasteiger partial charge in [0.15, 0.2) is 0 Å². The van der Waals surface area contributed by atoms with Gasteiger partial charge in [0, 0.05) is 0 Å². The van der Waals surface area contributed by atoms with Crippen LogP contribution < -0.4 is 0 Å². The minimum Gasteiger partial charge on any atom is -0.103 e. The van der Waals surface area contributed by atoms with E-state index in [4.69, 9.17) is 0 Å². The van der Waals surface area contributed by atoms with Crippen LogP contribution in [0.3, 0.4) is 0 Å². The zero-order valence-corrected chi connectivity index (χ0v) is 13.7. The highest BCUT2D eigenvalue weighted by Crippen LogP contribution is 2.31. The van der Waals surface area contributed by atoms with Crippen LogP contribution in [0.5, 0.6) is 0 Å². The number of hydrogen-bond donors (Lipinski definition) is 0. The first-order valence-electron chi connectivity index (χ1n) is 7.70. The Hall–Kier alpha value is -2.08. The van der Waals surface area contributed by atoms with Gasteiger partial charge in [-0.2, -0.15) is 0 Å². The molecule has 0 saturated heterocycles. The van der Waals surface area contributed by atoms with Crippen molar-refractivity contribution in [2.45, 2.75) is 32.1 Å². The summed E-state index contributed by atoms with van der Waals surface area (Å²) in [6, 6.07) is 0. The van der Waals surface area contributed by atoms with Crippen LogP contribution in [0.1, 0.15) is 33.4 Å². The van der Waals surface area contributed by atoms with Crippen molar-refractivity contribution in [2.75, 3.05) is 0 Å². The summed E-state index contributed by atoms with van der Waals surface area (Å²) in [6.07, 6.45) is 13.9. The van der Waals surface area contributed by atoms with Gasteiger partial charge in [0.1, 0.15) is 0 Å². The van der Waals surface area contributed by atoms with Crippen LogP contribution in [0.2, 0.25) is 0 Å². The number of benzene rings is 1. The first-order chi connectivity index (χ1) is 10.7. The lowest BCUT2D eigenvalue weighted by molar-refractivity contribution is 0.997. The maximum absolute atomic E-state index is 4.35. The summed E-state index contributed by atoms with van der Waals surface area (Å²) < 4.78 is 0. The molecule has 0 heterocycles. The van der Waals surface area contributed by atoms with Gasteiger partial charge in [-0.1, -0.05) is 30.4 Å². The highest BCUT2D eigenvalue weighted by Gasteiger charge is 2.18. The molecule has 1 aromatic carbocycles. The van der Waals surface area contributed by atoms with Crippen LogP contribution in [0.15, 0.2) is 63.3 Å². The van der Waals surface area contributed by atoms with Gasteiger partial charge in [0.25, 0.3) is 0 Å². The fraction of sp³-hybridized carbons (Fsp3) is 0.227. The number of rotatable bonds is 10. The SMILES string of the molecule is [CH2]c1c(CC=C)c(CC=C)c(CC=C)c(CC=C)c1CC=C. The lowest BCUT2D eigenvalue weighted by atomic mass is 9.81. The molecule has 1 rings (SSSR count). The molecule has 0 amide bonds. The fourth-order valence-corrected chi connectivity index (χ4v) is 3.05. The van der Waals surface area contributed by atoms with Gasteiger partial charge < -0.3 is 0 Å². The Bertz CT molecular complexity index is 540. The van der Waals surface area contributed by atoms with Crippen molar-refractivity contribution < 1.29 is 0 Å². The molecule has 1 radical (unpaired) electrons. The quantitative estimate of drug-likeness (QED) is 0.498. The number of allylic oxidation sites excluding steroid dienone is 5. The maximum atomic E-state index is 4.35. The van der Waals surface area contributed by atoms with Crippen LogP contribution >= 0.6 is 0 Å². The van der Waals surface area contributed by atoms with Gasteiger partial charge in [0.2, 0.25) is 0 Å². The molecule has 0 heteroatoms. The van der Waals surface area contributed by atoms with Crippen LogP contribution in [-0.4, -0.2) is 0 Å². The molecule has 0 spiro atoms. The van der Waals surface area contributed by atoms with Crippen molar-refractivity contribution in [3.63, 3.8) is 0 Å². The van der Waals surface area contributed by atoms with Crippen molar-refractivity contribution >= 4 is 0 Å². The second-order valence-corrected chi connectivity index (χ2v) is 5.34. The largest absolute Gasteiger partial charge is 0.103 e. The molecule has 115 valence electrons. The second-order valence-electron chi connectivity index (χ2n) is 5.34. The standard InChI is InChI=1S/C22H27/c1-7-12-18-17(6)19(13-8-2)21(15-10-4)22(16-11-5)20(18)14-9-3/h7-11H,1-6,12-16H2. The van der Waals surface area contributed by atoms with Crippen LogP contribution in [0, 0.1) is 6.92 Å². The molecule has 0 aliphatic carbocycles. The highest BCUT2D eigenvalue weighted by atomic mass is 14.2. The zero-order chi connectivity index (χ0) is 16.5. The van der Waals surface area contributed by atoms with Gasteiger partial charge in [-0.3, -0.25) is 0 Å². The molecular weight excluding hydrogens is 264 g/mol. The molecule has 0 atom stereocenters. The summed E-state index contributed by atoms with van der Waals surface area (Å²) in [5.41, 5.74) is 7.65. The van der Waals surface area contributed by atoms with E-state index in [1.165, 1.54) is 27.8 Å². The van der Waals surface area contributed by atoms with E-state index in [0.717, 1.165) is 37.7 Å². The third-order valence-corrected chi connectivity index (χ3v) is 3.93. The third kappa shape index (κ3) is 3.76. The molecule has 0 unspecified atom stereocenters. The highest BCUT2D eigenvalue weighted by molar-refractivity contribution is 5.56. The molecule has 0 saturated carbocycles. The van der Waals surface area contributed by atoms with Gasteiger partial charge in [-0.05, 0) is 72.4 Å². The van der Waals surface area contributed by atoms with Gasteiger partial charge in [-0.25, -0.2) is 0 Å². The molecule has 0 nitrogen and oxygen atoms in total. The summed E-state index contributed by atoms with van der Waals surface area (Å²) in [4.78, 5) is 0. The van der Waals surface area contributed by atoms with E-state index < -0.39 is 0 Å². The monoisotopic (exact) mass is 291 g/mol. The topological polar surface area (TPSA) is 0 Å². The van der Waals surface area contributed by atoms with E-state index in [0.29, 0.717) is 0 Å². The summed E-state index contributed by atoms with van der Waals surface area (Å²) in [5, 5.41) is 0. The second kappa shape index (κ2) is 9.04. The van der Waals surface area contributed by atoms with E-state index in [1.54, 1.807) is 0 Å². The Kier molecular flexibility index (Phi) is 7.39. The van der Waals surface area contributed by atoms with Crippen LogP contribution in [0.4, 0.5) is 0 Å². The van der Waals surface area contributed by atoms with Crippen molar-refractivity contribution in [1.29, 1.82) is 0 Å². The first kappa shape index (κ1) is 18.0. The molecule has 0 bridgehead atoms. The Morgan fingerprint density at radius 2 is 0.682 bits per heavy atom. The van der Waals surface area contributed by atoms with E-state index in [1.807, 2.05) is 30.4 Å². The minimum absolute atomic E-state index is 0.824. The normalized spacial score (nSPS) is 10.0. The van der Waals surface area contributed by atoms with Crippen LogP contribution in [0.25, 0.3) is 0 Å². The molecule has 1 aromatic rings. The first-order valence-corrected chi connectivity index (χ1v) is 7.70. The molecule has 0 aliphatic heterocycles. The Morgan fingerprint density at radius 3 is 0.955 bits per heavy atom. The smallest absolute Gasteiger partial charge is 0.00942 e. The summed E-state index contributed by atoms with van der Waals surface area (Å²) in [5.74, 6) is 0. The van der Waals surface area contributed by atoms with Crippen molar-refractivity contribution in [2.24, 2.45) is 0 Å². The Balaban J connectivity index is 3.80. The Labute approximate surface area is 136 Å². The van der Waals surface area contributed by atoms with E-state index >= 15 is 0 Å². The van der Waals surface area contributed by atoms with E-state index in [2.05, 4.69) is 39.8 Å². The fourth-order valence-electron chi connectivity index (χ4n) is 3.05. The zero-order valence-electron chi connectivity index (χ0n) is 13.7. The molecule has 22 heavy (non-hydrogen) atoms. The predicted molar refractivity (Wildman–Crippen MR) is 100 cm³/mol. The summed E-state index contributed by atoms with van der Waals surface area (Å²) in [7, 11) is 0. The lowest BCUT2D eigenvalue weighted by Crippen LogP contribution is -2.11. The average molecular weight is 291 g/mol.